The third-order valence-corrected chi connectivity index (χ3v) is 7.07. The Hall–Kier alpha value is -3.17. The van der Waals surface area contributed by atoms with Crippen LogP contribution in [0.25, 0.3) is 21.1 Å². The minimum atomic E-state index is -4.21. The summed E-state index contributed by atoms with van der Waals surface area (Å²) in [6.07, 6.45) is 0. The normalized spacial score (nSPS) is 11.7. The summed E-state index contributed by atoms with van der Waals surface area (Å²) in [5, 5.41) is 1.03. The predicted octanol–water partition coefficient (Wildman–Crippen LogP) is 4.15. The van der Waals surface area contributed by atoms with Crippen LogP contribution in [0.4, 0.5) is 5.69 Å². The van der Waals surface area contributed by atoms with Crippen LogP contribution in [0.3, 0.4) is 0 Å². The number of benzene rings is 3. The molecule has 4 rings (SSSR count). The predicted molar refractivity (Wildman–Crippen MR) is 116 cm³/mol. The van der Waals surface area contributed by atoms with E-state index in [0.29, 0.717) is 33.4 Å². The maximum Gasteiger partial charge on any atom is 0.396 e. The molecule has 0 N–H and O–H groups in total. The number of ether oxygens (including phenoxy) is 1. The zero-order chi connectivity index (χ0) is 21.5. The van der Waals surface area contributed by atoms with Crippen LogP contribution in [0.5, 0.6) is 5.75 Å². The van der Waals surface area contributed by atoms with Gasteiger partial charge in [0.25, 0.3) is 10.0 Å². The quantitative estimate of drug-likeness (QED) is 0.460. The SMILES string of the molecule is CCOc1ccc(S(=O)(=O)N(C(C)=O)c2cc3sc(=O)oc3c3ccccc23)cc1. The summed E-state index contributed by atoms with van der Waals surface area (Å²) in [6.45, 7) is 3.46. The van der Waals surface area contributed by atoms with E-state index in [0.717, 1.165) is 15.6 Å². The van der Waals surface area contributed by atoms with Gasteiger partial charge >= 0.3 is 4.94 Å². The van der Waals surface area contributed by atoms with Crippen LogP contribution in [0.2, 0.25) is 0 Å². The zero-order valence-corrected chi connectivity index (χ0v) is 17.7. The Morgan fingerprint density at radius 2 is 1.77 bits per heavy atom. The molecule has 1 aromatic heterocycles. The second-order valence-corrected chi connectivity index (χ2v) is 9.18. The molecule has 4 aromatic rings. The van der Waals surface area contributed by atoms with Crippen molar-refractivity contribution in [3.8, 4) is 5.75 Å². The molecule has 1 amide bonds. The average Bonchev–Trinajstić information content (AvgIpc) is 3.09. The molecule has 0 bridgehead atoms. The fraction of sp³-hybridized carbons (Fsp3) is 0.143. The number of carbonyl (C=O) groups is 1. The van der Waals surface area contributed by atoms with Crippen molar-refractivity contribution in [2.75, 3.05) is 10.9 Å². The minimum absolute atomic E-state index is 0.0503. The maximum absolute atomic E-state index is 13.4. The molecule has 154 valence electrons. The van der Waals surface area contributed by atoms with E-state index >= 15 is 0 Å². The molecule has 9 heteroatoms. The van der Waals surface area contributed by atoms with Gasteiger partial charge in [-0.2, -0.15) is 0 Å². The van der Waals surface area contributed by atoms with Crippen LogP contribution in [0.1, 0.15) is 13.8 Å². The Morgan fingerprint density at radius 1 is 1.10 bits per heavy atom. The molecule has 3 aromatic carbocycles. The minimum Gasteiger partial charge on any atom is -0.494 e. The smallest absolute Gasteiger partial charge is 0.396 e. The third-order valence-electron chi connectivity index (χ3n) is 4.50. The van der Waals surface area contributed by atoms with E-state index in [9.17, 15) is 18.0 Å². The highest BCUT2D eigenvalue weighted by Crippen LogP contribution is 2.37. The molecule has 7 nitrogen and oxygen atoms in total. The summed E-state index contributed by atoms with van der Waals surface area (Å²) in [7, 11) is -4.21. The zero-order valence-electron chi connectivity index (χ0n) is 16.1. The van der Waals surface area contributed by atoms with Crippen molar-refractivity contribution < 1.29 is 22.4 Å². The molecule has 0 spiro atoms. The molecular formula is C21H17NO6S2. The molecule has 0 fully saturated rings. The third kappa shape index (κ3) is 3.35. The van der Waals surface area contributed by atoms with Crippen LogP contribution in [0.15, 0.2) is 68.7 Å². The lowest BCUT2D eigenvalue weighted by atomic mass is 10.1. The number of carbonyl (C=O) groups excluding carboxylic acids is 1. The Kier molecular flexibility index (Phi) is 5.08. The van der Waals surface area contributed by atoms with E-state index in [1.54, 1.807) is 24.3 Å². The summed E-state index contributed by atoms with van der Waals surface area (Å²) >= 11 is 0.853. The van der Waals surface area contributed by atoms with Gasteiger partial charge in [-0.15, -0.1) is 0 Å². The van der Waals surface area contributed by atoms with Crippen LogP contribution in [0, 0.1) is 0 Å². The molecule has 0 aliphatic carbocycles. The molecule has 0 aliphatic rings. The van der Waals surface area contributed by atoms with Gasteiger partial charge < -0.3 is 9.15 Å². The van der Waals surface area contributed by atoms with Gasteiger partial charge in [-0.3, -0.25) is 4.79 Å². The van der Waals surface area contributed by atoms with Gasteiger partial charge in [0.2, 0.25) is 5.91 Å². The first-order chi connectivity index (χ1) is 14.3. The Bertz CT molecular complexity index is 1420. The van der Waals surface area contributed by atoms with E-state index in [4.69, 9.17) is 9.15 Å². The van der Waals surface area contributed by atoms with E-state index < -0.39 is 20.9 Å². The summed E-state index contributed by atoms with van der Waals surface area (Å²) in [5.74, 6) is -0.148. The fourth-order valence-electron chi connectivity index (χ4n) is 3.30. The molecule has 0 aliphatic heterocycles. The molecule has 30 heavy (non-hydrogen) atoms. The van der Waals surface area contributed by atoms with Gasteiger partial charge in [0.05, 0.1) is 21.9 Å². The first-order valence-electron chi connectivity index (χ1n) is 9.07. The Morgan fingerprint density at radius 3 is 2.40 bits per heavy atom. The maximum atomic E-state index is 13.4. The highest BCUT2D eigenvalue weighted by Gasteiger charge is 2.31. The Labute approximate surface area is 176 Å². The largest absolute Gasteiger partial charge is 0.494 e. The highest BCUT2D eigenvalue weighted by atomic mass is 32.2. The van der Waals surface area contributed by atoms with Crippen LogP contribution >= 0.6 is 11.3 Å². The number of amides is 1. The lowest BCUT2D eigenvalue weighted by Crippen LogP contribution is -2.35. The number of fused-ring (bicyclic) bond motifs is 3. The molecule has 0 atom stereocenters. The van der Waals surface area contributed by atoms with Crippen molar-refractivity contribution in [2.45, 2.75) is 18.7 Å². The summed E-state index contributed by atoms with van der Waals surface area (Å²) in [5.41, 5.74) is 0.530. The molecule has 0 saturated heterocycles. The standard InChI is InChI=1S/C21H17NO6S2/c1-3-27-14-8-10-15(11-9-14)30(25,26)22(13(2)23)18-12-19-20(28-21(24)29-19)17-7-5-4-6-16(17)18/h4-12H,3H2,1-2H3. The van der Waals surface area contributed by atoms with Gasteiger partial charge in [-0.25, -0.2) is 17.5 Å². The van der Waals surface area contributed by atoms with E-state index in [-0.39, 0.29) is 10.6 Å². The second kappa shape index (κ2) is 7.58. The van der Waals surface area contributed by atoms with Crippen molar-refractivity contribution >= 4 is 54.0 Å². The second-order valence-electron chi connectivity index (χ2n) is 6.42. The van der Waals surface area contributed by atoms with Crippen molar-refractivity contribution in [1.82, 2.24) is 0 Å². The molecular weight excluding hydrogens is 426 g/mol. The Balaban J connectivity index is 1.96. The first-order valence-corrected chi connectivity index (χ1v) is 11.3. The summed E-state index contributed by atoms with van der Waals surface area (Å²) < 4.78 is 38.7. The van der Waals surface area contributed by atoms with E-state index in [2.05, 4.69) is 0 Å². The van der Waals surface area contributed by atoms with Gasteiger partial charge in [0.1, 0.15) is 5.75 Å². The average molecular weight is 444 g/mol. The van der Waals surface area contributed by atoms with Gasteiger partial charge in [0.15, 0.2) is 5.58 Å². The molecule has 1 heterocycles. The fourth-order valence-corrected chi connectivity index (χ4v) is 5.45. The van der Waals surface area contributed by atoms with Crippen LogP contribution < -0.4 is 14.0 Å². The molecule has 0 unspecified atom stereocenters. The number of hydrogen-bond acceptors (Lipinski definition) is 7. The lowest BCUT2D eigenvalue weighted by Gasteiger charge is -2.23. The lowest BCUT2D eigenvalue weighted by molar-refractivity contribution is -0.115. The monoisotopic (exact) mass is 443 g/mol. The number of sulfonamides is 1. The van der Waals surface area contributed by atoms with Crippen molar-refractivity contribution in [1.29, 1.82) is 0 Å². The van der Waals surface area contributed by atoms with E-state index in [1.807, 2.05) is 6.92 Å². The van der Waals surface area contributed by atoms with Crippen molar-refractivity contribution in [3.63, 3.8) is 0 Å². The first kappa shape index (κ1) is 20.1. The van der Waals surface area contributed by atoms with Crippen molar-refractivity contribution in [2.24, 2.45) is 0 Å². The van der Waals surface area contributed by atoms with Crippen LogP contribution in [-0.2, 0) is 14.8 Å². The van der Waals surface area contributed by atoms with Gasteiger partial charge in [0, 0.05) is 17.7 Å². The summed E-state index contributed by atoms with van der Waals surface area (Å²) in [6, 6.07) is 14.3. The number of anilines is 1. The van der Waals surface area contributed by atoms with Crippen LogP contribution in [-0.4, -0.2) is 20.9 Å². The van der Waals surface area contributed by atoms with Gasteiger partial charge in [-0.1, -0.05) is 35.6 Å². The topological polar surface area (TPSA) is 93.9 Å². The molecule has 0 radical (unpaired) electrons. The number of hydrogen-bond donors (Lipinski definition) is 0. The van der Waals surface area contributed by atoms with Gasteiger partial charge in [-0.05, 0) is 37.3 Å². The molecule has 0 saturated carbocycles. The van der Waals surface area contributed by atoms with Crippen molar-refractivity contribution in [3.05, 3.63) is 64.3 Å². The highest BCUT2D eigenvalue weighted by molar-refractivity contribution is 7.93. The van der Waals surface area contributed by atoms with E-state index in [1.165, 1.54) is 37.3 Å². The summed E-state index contributed by atoms with van der Waals surface area (Å²) in [4.78, 5) is 23.8. The number of rotatable bonds is 5. The number of nitrogens with zero attached hydrogens (tertiary/aromatic N) is 1.